The van der Waals surface area contributed by atoms with E-state index >= 15 is 0 Å². The van der Waals surface area contributed by atoms with Gasteiger partial charge in [-0.3, -0.25) is 19.2 Å². The normalized spacial score (nSPS) is 35.3. The molecule has 0 saturated carbocycles. The largest absolute Gasteiger partial charge is 0.394 e. The minimum absolute atomic E-state index is 0.0659. The van der Waals surface area contributed by atoms with Crippen molar-refractivity contribution in [2.24, 2.45) is 0 Å². The van der Waals surface area contributed by atoms with Gasteiger partial charge in [0.2, 0.25) is 23.6 Å². The molecule has 0 aromatic carbocycles. The fourth-order valence-corrected chi connectivity index (χ4v) is 6.21. The van der Waals surface area contributed by atoms with Crippen LogP contribution in [0.25, 0.3) is 0 Å². The molecular formula is C34H58N4O21. The molecule has 0 aliphatic carbocycles. The molecule has 0 aromatic rings. The quantitative estimate of drug-likeness (QED) is 0.0450. The number of carbonyl (C=O) groups is 5. The monoisotopic (exact) mass is 858 g/mol. The lowest BCUT2D eigenvalue weighted by Crippen LogP contribution is -2.65. The van der Waals surface area contributed by atoms with Crippen molar-refractivity contribution in [3.05, 3.63) is 0 Å². The van der Waals surface area contributed by atoms with Crippen LogP contribution in [0, 0.1) is 0 Å². The number of nitrogens with one attached hydrogen (secondary N) is 4. The molecule has 3 rings (SSSR count). The number of rotatable bonds is 22. The van der Waals surface area contributed by atoms with Crippen LogP contribution in [0.1, 0.15) is 39.0 Å². The summed E-state index contributed by atoms with van der Waals surface area (Å²) in [4.78, 5) is 60.8. The van der Waals surface area contributed by atoms with Crippen LogP contribution in [0.15, 0.2) is 0 Å². The number of ketones is 1. The predicted molar refractivity (Wildman–Crippen MR) is 191 cm³/mol. The standard InChI is InChI=1S/C34H58N4O21/c1-14(41)4-3-5-20(43)38-15(31(53)37-10-21(44)35-2)6-7-19(42)36-8-9-54-33-29(52)30(59-34-28(51)26(49)23(46)17(12-40)57-34)24(47)18(58-33)13-55-32-27(50)25(48)22(45)16(11-39)56-32/h15-18,22-30,32-34,39-40,45-52H,3-13H2,1-2H3,(H,35,44)(H,36,42)(H,37,53)(H,38,43)/t15?,16?,17?,18?,22-,23-,24-,25?,26?,27?,28?,29?,30?,32+,33+,34-/m1/s1. The Morgan fingerprint density at radius 3 is 1.80 bits per heavy atom. The molecule has 16 atom stereocenters. The highest BCUT2D eigenvalue weighted by atomic mass is 16.7. The van der Waals surface area contributed by atoms with E-state index in [-0.39, 0.29) is 51.0 Å². The lowest BCUT2D eigenvalue weighted by molar-refractivity contribution is -0.366. The molecule has 340 valence electrons. The van der Waals surface area contributed by atoms with E-state index in [0.717, 1.165) is 0 Å². The van der Waals surface area contributed by atoms with E-state index in [4.69, 9.17) is 28.4 Å². The fraction of sp³-hybridized carbons (Fsp3) is 0.853. The first-order valence-corrected chi connectivity index (χ1v) is 19.0. The SMILES string of the molecule is CNC(=O)CNC(=O)C(CCC(=O)NCCO[C@H]1OC(CO[C@H]2OC(CO)[C@@H](O)C(O)C2O)[C@@H](O)C(O[C@H]2OC(CO)[C@@H](O)C(O)C2O)C1O)NC(=O)CCCC(C)=O. The molecular weight excluding hydrogens is 800 g/mol. The highest BCUT2D eigenvalue weighted by Gasteiger charge is 2.52. The van der Waals surface area contributed by atoms with E-state index in [2.05, 4.69) is 21.3 Å². The maximum atomic E-state index is 12.8. The van der Waals surface area contributed by atoms with Gasteiger partial charge in [0.05, 0.1) is 33.0 Å². The maximum Gasteiger partial charge on any atom is 0.243 e. The molecule has 3 saturated heterocycles. The summed E-state index contributed by atoms with van der Waals surface area (Å²) >= 11 is 0. The van der Waals surface area contributed by atoms with Crippen molar-refractivity contribution in [1.82, 2.24) is 21.3 Å². The van der Waals surface area contributed by atoms with Gasteiger partial charge in [0.1, 0.15) is 85.1 Å². The number of aliphatic hydroxyl groups excluding tert-OH is 10. The smallest absolute Gasteiger partial charge is 0.243 e. The summed E-state index contributed by atoms with van der Waals surface area (Å²) in [6.07, 6.45) is -26.2. The van der Waals surface area contributed by atoms with Gasteiger partial charge < -0.3 is 106 Å². The van der Waals surface area contributed by atoms with Gasteiger partial charge in [0, 0.05) is 32.9 Å². The van der Waals surface area contributed by atoms with Gasteiger partial charge in [-0.2, -0.15) is 0 Å². The molecule has 3 heterocycles. The summed E-state index contributed by atoms with van der Waals surface area (Å²) < 4.78 is 33.1. The summed E-state index contributed by atoms with van der Waals surface area (Å²) in [7, 11) is 1.36. The second-order valence-corrected chi connectivity index (χ2v) is 14.2. The van der Waals surface area contributed by atoms with Crippen LogP contribution >= 0.6 is 0 Å². The second kappa shape index (κ2) is 24.4. The minimum Gasteiger partial charge on any atom is -0.394 e. The molecule has 3 aliphatic heterocycles. The van der Waals surface area contributed by atoms with E-state index in [1.54, 1.807) is 0 Å². The van der Waals surface area contributed by atoms with Gasteiger partial charge in [-0.05, 0) is 19.8 Å². The predicted octanol–water partition coefficient (Wildman–Crippen LogP) is -8.55. The number of amides is 4. The Labute approximate surface area is 337 Å². The Hall–Kier alpha value is -3.09. The number of aliphatic hydroxyl groups is 10. The molecule has 0 spiro atoms. The van der Waals surface area contributed by atoms with Crippen LogP contribution in [-0.4, -0.2) is 225 Å². The Kier molecular flexibility index (Phi) is 20.8. The first-order chi connectivity index (χ1) is 27.9. The molecule has 0 aromatic heterocycles. The zero-order valence-corrected chi connectivity index (χ0v) is 32.5. The van der Waals surface area contributed by atoms with E-state index in [1.807, 2.05) is 0 Å². The summed E-state index contributed by atoms with van der Waals surface area (Å²) in [5, 5.41) is 113. The van der Waals surface area contributed by atoms with Gasteiger partial charge in [0.25, 0.3) is 0 Å². The number of carbonyl (C=O) groups excluding carboxylic acids is 5. The topological polar surface area (TPSA) is 391 Å². The summed E-state index contributed by atoms with van der Waals surface area (Å²) in [6.45, 7) is -1.91. The number of hydrogen-bond donors (Lipinski definition) is 14. The van der Waals surface area contributed by atoms with Crippen molar-refractivity contribution in [2.45, 2.75) is 137 Å². The zero-order chi connectivity index (χ0) is 44.0. The molecule has 25 heteroatoms. The Balaban J connectivity index is 1.65. The first kappa shape index (κ1) is 50.3. The highest BCUT2D eigenvalue weighted by Crippen LogP contribution is 2.31. The summed E-state index contributed by atoms with van der Waals surface area (Å²) in [6, 6.07) is -1.22. The van der Waals surface area contributed by atoms with Crippen molar-refractivity contribution in [2.75, 3.05) is 46.6 Å². The molecule has 14 N–H and O–H groups in total. The van der Waals surface area contributed by atoms with Crippen LogP contribution in [0.4, 0.5) is 0 Å². The number of Topliss-reactive ketones (excluding diaryl/α,β-unsaturated/α-hetero) is 1. The molecule has 10 unspecified atom stereocenters. The number of likely N-dealkylation sites (N-methyl/N-ethyl adjacent to an activating group) is 1. The fourth-order valence-electron chi connectivity index (χ4n) is 6.21. The van der Waals surface area contributed by atoms with Gasteiger partial charge >= 0.3 is 0 Å². The van der Waals surface area contributed by atoms with Gasteiger partial charge in [-0.1, -0.05) is 0 Å². The first-order valence-electron chi connectivity index (χ1n) is 19.0. The van der Waals surface area contributed by atoms with E-state index < -0.39 is 148 Å². The summed E-state index contributed by atoms with van der Waals surface area (Å²) in [5.41, 5.74) is 0. The van der Waals surface area contributed by atoms with Gasteiger partial charge in [-0.15, -0.1) is 0 Å². The molecule has 3 aliphatic rings. The van der Waals surface area contributed by atoms with Crippen molar-refractivity contribution in [3.63, 3.8) is 0 Å². The van der Waals surface area contributed by atoms with Crippen LogP contribution < -0.4 is 21.3 Å². The Morgan fingerprint density at radius 1 is 0.627 bits per heavy atom. The van der Waals surface area contributed by atoms with E-state index in [0.29, 0.717) is 0 Å². The average Bonchev–Trinajstić information content (AvgIpc) is 3.21. The zero-order valence-electron chi connectivity index (χ0n) is 32.5. The van der Waals surface area contributed by atoms with Crippen molar-refractivity contribution < 1.29 is 103 Å². The molecule has 3 fully saturated rings. The van der Waals surface area contributed by atoms with Crippen molar-refractivity contribution >= 4 is 29.4 Å². The van der Waals surface area contributed by atoms with Crippen LogP contribution in [0.3, 0.4) is 0 Å². The third-order valence-electron chi connectivity index (χ3n) is 9.71. The highest BCUT2D eigenvalue weighted by molar-refractivity contribution is 5.91. The average molecular weight is 859 g/mol. The molecule has 0 bridgehead atoms. The number of ether oxygens (including phenoxy) is 6. The van der Waals surface area contributed by atoms with Crippen LogP contribution in [-0.2, 0) is 52.4 Å². The third-order valence-corrected chi connectivity index (χ3v) is 9.71. The van der Waals surface area contributed by atoms with E-state index in [9.17, 15) is 75.0 Å². The van der Waals surface area contributed by atoms with Crippen LogP contribution in [0.2, 0.25) is 0 Å². The van der Waals surface area contributed by atoms with Crippen LogP contribution in [0.5, 0.6) is 0 Å². The maximum absolute atomic E-state index is 12.8. The third kappa shape index (κ3) is 14.5. The lowest BCUT2D eigenvalue weighted by Gasteiger charge is -2.46. The molecule has 59 heavy (non-hydrogen) atoms. The van der Waals surface area contributed by atoms with Crippen molar-refractivity contribution in [3.8, 4) is 0 Å². The second-order valence-electron chi connectivity index (χ2n) is 14.2. The lowest BCUT2D eigenvalue weighted by atomic mass is 9.96. The van der Waals surface area contributed by atoms with Gasteiger partial charge in [-0.25, -0.2) is 0 Å². The molecule has 25 nitrogen and oxygen atoms in total. The minimum atomic E-state index is -1.95. The van der Waals surface area contributed by atoms with E-state index in [1.165, 1.54) is 14.0 Å². The van der Waals surface area contributed by atoms with Gasteiger partial charge in [0.15, 0.2) is 18.9 Å². The summed E-state index contributed by atoms with van der Waals surface area (Å²) in [5.74, 6) is -2.53. The number of hydrogen-bond acceptors (Lipinski definition) is 21. The Bertz CT molecular complexity index is 1360. The van der Waals surface area contributed by atoms with Crippen molar-refractivity contribution in [1.29, 1.82) is 0 Å². The molecule has 0 radical (unpaired) electrons. The Morgan fingerprint density at radius 2 is 1.20 bits per heavy atom. The molecule has 4 amide bonds.